The van der Waals surface area contributed by atoms with Gasteiger partial charge in [0.2, 0.25) is 0 Å². The molecule has 31 heavy (non-hydrogen) atoms. The molecule has 0 radical (unpaired) electrons. The predicted molar refractivity (Wildman–Crippen MR) is 119 cm³/mol. The second-order valence-corrected chi connectivity index (χ2v) is 8.01. The first-order valence-corrected chi connectivity index (χ1v) is 10.7. The van der Waals surface area contributed by atoms with E-state index in [4.69, 9.17) is 28.6 Å². The van der Waals surface area contributed by atoms with Crippen molar-refractivity contribution in [2.75, 3.05) is 44.7 Å². The minimum absolute atomic E-state index is 0.369. The molecular weight excluding hydrogens is 449 g/mol. The summed E-state index contributed by atoms with van der Waals surface area (Å²) in [5.41, 5.74) is 0.527. The summed E-state index contributed by atoms with van der Waals surface area (Å²) in [5.74, 6) is 0. The number of nitrogens with one attached hydrogen (secondary N) is 1. The van der Waals surface area contributed by atoms with Crippen LogP contribution in [0.3, 0.4) is 0 Å². The van der Waals surface area contributed by atoms with Crippen LogP contribution in [0.15, 0.2) is 42.7 Å². The van der Waals surface area contributed by atoms with Crippen molar-refractivity contribution in [2.24, 2.45) is 0 Å². The average Bonchev–Trinajstić information content (AvgIpc) is 2.73. The maximum Gasteiger partial charge on any atom is 0.417 e. The largest absolute Gasteiger partial charge is 0.417 e. The molecule has 0 saturated carbocycles. The fourth-order valence-electron chi connectivity index (χ4n) is 3.30. The van der Waals surface area contributed by atoms with Crippen molar-refractivity contribution in [3.05, 3.63) is 58.9 Å². The van der Waals surface area contributed by atoms with Crippen molar-refractivity contribution in [3.63, 3.8) is 0 Å². The summed E-state index contributed by atoms with van der Waals surface area (Å²) >= 11 is 11.4. The number of anilines is 1. The first-order chi connectivity index (χ1) is 14.8. The van der Waals surface area contributed by atoms with Crippen LogP contribution >= 0.6 is 23.8 Å². The maximum atomic E-state index is 12.9. The lowest BCUT2D eigenvalue weighted by atomic mass is 10.2. The lowest BCUT2D eigenvalue weighted by molar-refractivity contribution is -0.137. The van der Waals surface area contributed by atoms with Crippen LogP contribution in [0.2, 0.25) is 5.02 Å². The van der Waals surface area contributed by atoms with Crippen LogP contribution in [0, 0.1) is 0 Å². The van der Waals surface area contributed by atoms with Gasteiger partial charge in [-0.25, -0.2) is 0 Å². The molecule has 10 heteroatoms. The predicted octanol–water partition coefficient (Wildman–Crippen LogP) is 4.68. The molecule has 1 aromatic carbocycles. The van der Waals surface area contributed by atoms with Crippen LogP contribution in [-0.2, 0) is 17.5 Å². The summed E-state index contributed by atoms with van der Waals surface area (Å²) in [7, 11) is 0. The highest BCUT2D eigenvalue weighted by Crippen LogP contribution is 2.35. The summed E-state index contributed by atoms with van der Waals surface area (Å²) in [6.45, 7) is 5.46. The van der Waals surface area contributed by atoms with Crippen molar-refractivity contribution >= 4 is 34.6 Å². The molecule has 0 atom stereocenters. The molecule has 5 nitrogen and oxygen atoms in total. The Hall–Kier alpha value is -1.94. The second-order valence-electron chi connectivity index (χ2n) is 7.21. The van der Waals surface area contributed by atoms with Crippen molar-refractivity contribution in [3.8, 4) is 0 Å². The van der Waals surface area contributed by atoms with Gasteiger partial charge in [0.05, 0.1) is 23.8 Å². The van der Waals surface area contributed by atoms with E-state index >= 15 is 0 Å². The summed E-state index contributed by atoms with van der Waals surface area (Å²) in [4.78, 5) is 8.47. The first-order valence-electron chi connectivity index (χ1n) is 9.94. The van der Waals surface area contributed by atoms with Crippen LogP contribution in [0.5, 0.6) is 0 Å². The van der Waals surface area contributed by atoms with Crippen molar-refractivity contribution < 1.29 is 17.9 Å². The Morgan fingerprint density at radius 3 is 2.68 bits per heavy atom. The van der Waals surface area contributed by atoms with Gasteiger partial charge in [-0.3, -0.25) is 9.88 Å². The van der Waals surface area contributed by atoms with Crippen LogP contribution in [0.25, 0.3) is 0 Å². The third-order valence-corrected chi connectivity index (χ3v) is 5.59. The molecule has 0 spiro atoms. The van der Waals surface area contributed by atoms with Crippen LogP contribution in [-0.4, -0.2) is 59.3 Å². The van der Waals surface area contributed by atoms with Crippen LogP contribution in [0.1, 0.15) is 17.5 Å². The zero-order valence-electron chi connectivity index (χ0n) is 16.9. The van der Waals surface area contributed by atoms with Gasteiger partial charge < -0.3 is 15.0 Å². The number of rotatable bonds is 7. The topological polar surface area (TPSA) is 40.6 Å². The van der Waals surface area contributed by atoms with Gasteiger partial charge in [-0.05, 0) is 48.5 Å². The molecule has 1 N–H and O–H groups in total. The molecule has 1 saturated heterocycles. The molecule has 168 valence electrons. The quantitative estimate of drug-likeness (QED) is 0.590. The molecular formula is C21H24ClF3N4OS. The van der Waals surface area contributed by atoms with E-state index in [1.54, 1.807) is 12.4 Å². The zero-order chi connectivity index (χ0) is 22.3. The molecule has 0 aliphatic carbocycles. The highest BCUT2D eigenvalue weighted by atomic mass is 35.5. The Morgan fingerprint density at radius 2 is 2.03 bits per heavy atom. The highest BCUT2D eigenvalue weighted by molar-refractivity contribution is 7.80. The molecule has 0 amide bonds. The molecule has 1 fully saturated rings. The first kappa shape index (κ1) is 23.7. The lowest BCUT2D eigenvalue weighted by Gasteiger charge is -2.29. The van der Waals surface area contributed by atoms with E-state index < -0.39 is 11.7 Å². The van der Waals surface area contributed by atoms with E-state index in [1.165, 1.54) is 12.1 Å². The van der Waals surface area contributed by atoms with E-state index in [0.29, 0.717) is 23.9 Å². The molecule has 0 bridgehead atoms. The molecule has 1 aliphatic rings. The van der Waals surface area contributed by atoms with Crippen molar-refractivity contribution in [2.45, 2.75) is 19.1 Å². The zero-order valence-corrected chi connectivity index (χ0v) is 18.4. The second kappa shape index (κ2) is 11.1. The number of hydrogen-bond donors (Lipinski definition) is 1. The monoisotopic (exact) mass is 472 g/mol. The summed E-state index contributed by atoms with van der Waals surface area (Å²) in [6, 6.07) is 7.34. The standard InChI is InChI=1S/C21H24ClF3N4OS/c22-19-13-17(4-5-18(19)21(23,24)25)27-20(31)29(15-16-3-1-6-26-14-16)8-2-7-28-9-11-30-12-10-28/h1,3-6,13-14H,2,7-12,15H2,(H,27,31). The number of morpholine rings is 1. The summed E-state index contributed by atoms with van der Waals surface area (Å²) in [6.07, 6.45) is -0.141. The minimum Gasteiger partial charge on any atom is -0.379 e. The van der Waals surface area contributed by atoms with Crippen LogP contribution < -0.4 is 5.32 Å². The third kappa shape index (κ3) is 7.31. The van der Waals surface area contributed by atoms with Crippen molar-refractivity contribution in [1.82, 2.24) is 14.8 Å². The SMILES string of the molecule is FC(F)(F)c1ccc(NC(=S)N(CCCN2CCOCC2)Cc2cccnc2)cc1Cl. The van der Waals surface area contributed by atoms with E-state index in [0.717, 1.165) is 50.9 Å². The normalized spacial score (nSPS) is 15.0. The van der Waals surface area contributed by atoms with E-state index in [1.807, 2.05) is 17.0 Å². The van der Waals surface area contributed by atoms with Crippen LogP contribution in [0.4, 0.5) is 18.9 Å². The fraction of sp³-hybridized carbons (Fsp3) is 0.429. The van der Waals surface area contributed by atoms with Gasteiger partial charge >= 0.3 is 6.18 Å². The molecule has 2 aromatic rings. The maximum absolute atomic E-state index is 12.9. The Bertz CT molecular complexity index is 863. The highest BCUT2D eigenvalue weighted by Gasteiger charge is 2.33. The Kier molecular flexibility index (Phi) is 8.48. The van der Waals surface area contributed by atoms with Gasteiger partial charge in [0.15, 0.2) is 5.11 Å². The molecule has 1 aromatic heterocycles. The van der Waals surface area contributed by atoms with Gasteiger partial charge in [-0.15, -0.1) is 0 Å². The number of benzene rings is 1. The molecule has 0 unspecified atom stereocenters. The number of ether oxygens (including phenoxy) is 1. The number of pyridine rings is 1. The average molecular weight is 473 g/mol. The van der Waals surface area contributed by atoms with Gasteiger partial charge in [0, 0.05) is 50.8 Å². The van der Waals surface area contributed by atoms with Crippen molar-refractivity contribution in [1.29, 1.82) is 0 Å². The minimum atomic E-state index is -4.50. The molecule has 3 rings (SSSR count). The molecule has 1 aliphatic heterocycles. The van der Waals surface area contributed by atoms with E-state index in [9.17, 15) is 13.2 Å². The Balaban J connectivity index is 1.65. The van der Waals surface area contributed by atoms with Gasteiger partial charge in [0.25, 0.3) is 0 Å². The van der Waals surface area contributed by atoms with E-state index in [2.05, 4.69) is 15.2 Å². The lowest BCUT2D eigenvalue weighted by Crippen LogP contribution is -2.40. The molecule has 2 heterocycles. The Labute approximate surface area is 190 Å². The van der Waals surface area contributed by atoms with E-state index in [-0.39, 0.29) is 5.02 Å². The van der Waals surface area contributed by atoms with Gasteiger partial charge in [0.1, 0.15) is 0 Å². The number of hydrogen-bond acceptors (Lipinski definition) is 4. The smallest absolute Gasteiger partial charge is 0.379 e. The summed E-state index contributed by atoms with van der Waals surface area (Å²) in [5, 5.41) is 3.07. The third-order valence-electron chi connectivity index (χ3n) is 4.92. The summed E-state index contributed by atoms with van der Waals surface area (Å²) < 4.78 is 44.2. The number of alkyl halides is 3. The van der Waals surface area contributed by atoms with Gasteiger partial charge in [-0.2, -0.15) is 13.2 Å². The Morgan fingerprint density at radius 1 is 1.26 bits per heavy atom. The fourth-order valence-corrected chi connectivity index (χ4v) is 3.86. The number of halogens is 4. The number of thiocarbonyl (C=S) groups is 1. The number of nitrogens with zero attached hydrogens (tertiary/aromatic N) is 3. The van der Waals surface area contributed by atoms with Gasteiger partial charge in [-0.1, -0.05) is 17.7 Å². The number of aromatic nitrogens is 1.